The molecule has 0 fully saturated rings. The van der Waals surface area contributed by atoms with Gasteiger partial charge >= 0.3 is 5.97 Å². The Labute approximate surface area is 191 Å². The molecular weight excluding hydrogens is 428 g/mol. The molecule has 10 heteroatoms. The summed E-state index contributed by atoms with van der Waals surface area (Å²) in [7, 11) is 0. The Hall–Kier alpha value is -3.92. The van der Waals surface area contributed by atoms with Gasteiger partial charge in [-0.05, 0) is 30.2 Å². The number of phenolic OH excluding ortho intramolecular Hbond substituents is 1. The third-order valence-corrected chi connectivity index (χ3v) is 4.86. The van der Waals surface area contributed by atoms with Crippen molar-refractivity contribution in [3.05, 3.63) is 65.7 Å². The van der Waals surface area contributed by atoms with Gasteiger partial charge in [0.2, 0.25) is 17.7 Å². The maximum absolute atomic E-state index is 12.8. The van der Waals surface area contributed by atoms with Gasteiger partial charge in [-0.1, -0.05) is 42.5 Å². The number of aromatic hydroxyl groups is 1. The average Bonchev–Trinajstić information content (AvgIpc) is 2.79. The van der Waals surface area contributed by atoms with Crippen LogP contribution in [0.3, 0.4) is 0 Å². The van der Waals surface area contributed by atoms with Crippen LogP contribution in [0.2, 0.25) is 0 Å². The van der Waals surface area contributed by atoms with Gasteiger partial charge in [0.1, 0.15) is 23.9 Å². The molecular formula is C23H28N4O6. The zero-order valence-electron chi connectivity index (χ0n) is 18.2. The normalized spacial score (nSPS) is 13.3. The largest absolute Gasteiger partial charge is 0.508 e. The molecule has 176 valence electrons. The van der Waals surface area contributed by atoms with Gasteiger partial charge in [0.15, 0.2) is 0 Å². The molecule has 0 saturated carbocycles. The molecule has 3 atom stereocenters. The lowest BCUT2D eigenvalue weighted by Crippen LogP contribution is -2.56. The van der Waals surface area contributed by atoms with Crippen LogP contribution in [0.15, 0.2) is 54.6 Å². The Kier molecular flexibility index (Phi) is 9.37. The molecule has 2 aromatic carbocycles. The Morgan fingerprint density at radius 3 is 1.97 bits per heavy atom. The Morgan fingerprint density at radius 1 is 0.818 bits per heavy atom. The van der Waals surface area contributed by atoms with Crippen molar-refractivity contribution in [2.45, 2.75) is 37.9 Å². The maximum atomic E-state index is 12.8. The molecule has 0 unspecified atom stereocenters. The minimum Gasteiger partial charge on any atom is -0.508 e. The predicted molar refractivity (Wildman–Crippen MR) is 120 cm³/mol. The second kappa shape index (κ2) is 12.2. The van der Waals surface area contributed by atoms with Crippen molar-refractivity contribution in [2.24, 2.45) is 5.73 Å². The predicted octanol–water partition coefficient (Wildman–Crippen LogP) is -0.305. The highest BCUT2D eigenvalue weighted by molar-refractivity contribution is 5.93. The fourth-order valence-corrected chi connectivity index (χ4v) is 3.06. The van der Waals surface area contributed by atoms with Crippen molar-refractivity contribution in [1.82, 2.24) is 16.0 Å². The molecule has 0 radical (unpaired) electrons. The molecule has 0 aliphatic rings. The van der Waals surface area contributed by atoms with E-state index in [1.807, 2.05) is 6.07 Å². The molecule has 7 N–H and O–H groups in total. The van der Waals surface area contributed by atoms with Crippen LogP contribution in [0.1, 0.15) is 18.1 Å². The molecule has 0 spiro atoms. The van der Waals surface area contributed by atoms with Crippen molar-refractivity contribution in [3.63, 3.8) is 0 Å². The number of carbonyl (C=O) groups is 4. The minimum absolute atomic E-state index is 0.00872. The van der Waals surface area contributed by atoms with Crippen molar-refractivity contribution >= 4 is 23.7 Å². The van der Waals surface area contributed by atoms with Crippen LogP contribution >= 0.6 is 0 Å². The Balaban J connectivity index is 2.02. The second-order valence-corrected chi connectivity index (χ2v) is 7.51. The maximum Gasteiger partial charge on any atom is 0.326 e. The van der Waals surface area contributed by atoms with E-state index in [1.165, 1.54) is 19.1 Å². The first kappa shape index (κ1) is 25.3. The first-order valence-corrected chi connectivity index (χ1v) is 10.3. The van der Waals surface area contributed by atoms with Crippen molar-refractivity contribution in [3.8, 4) is 5.75 Å². The standard InChI is InChI=1S/C23H28N4O6/c1-14(21(30)27-19(23(32)33)12-16-7-9-17(28)10-8-16)25-22(31)18(26-20(29)13-24)11-15-5-3-2-4-6-15/h2-10,14,18-19,28H,11-13,24H2,1H3,(H,25,31)(H,26,29)(H,27,30)(H,32,33)/t14-,18-,19-/m1/s1. The number of hydrogen-bond donors (Lipinski definition) is 6. The van der Waals surface area contributed by atoms with Crippen LogP contribution < -0.4 is 21.7 Å². The molecule has 0 aliphatic carbocycles. The minimum atomic E-state index is -1.24. The molecule has 2 aromatic rings. The van der Waals surface area contributed by atoms with E-state index in [2.05, 4.69) is 16.0 Å². The van der Waals surface area contributed by atoms with E-state index in [0.29, 0.717) is 5.56 Å². The van der Waals surface area contributed by atoms with Gasteiger partial charge in [-0.25, -0.2) is 4.79 Å². The van der Waals surface area contributed by atoms with Crippen LogP contribution in [-0.4, -0.2) is 58.6 Å². The SMILES string of the molecule is C[C@@H](NC(=O)[C@@H](Cc1ccccc1)NC(=O)CN)C(=O)N[C@H](Cc1ccc(O)cc1)C(=O)O. The quantitative estimate of drug-likeness (QED) is 0.269. The second-order valence-electron chi connectivity index (χ2n) is 7.51. The summed E-state index contributed by atoms with van der Waals surface area (Å²) in [5.74, 6) is -3.03. The van der Waals surface area contributed by atoms with Crippen molar-refractivity contribution < 1.29 is 29.4 Å². The lowest BCUT2D eigenvalue weighted by Gasteiger charge is -2.22. The van der Waals surface area contributed by atoms with E-state index >= 15 is 0 Å². The summed E-state index contributed by atoms with van der Waals surface area (Å²) >= 11 is 0. The Bertz CT molecular complexity index is 965. The summed E-state index contributed by atoms with van der Waals surface area (Å²) in [6, 6.07) is 11.7. The number of benzene rings is 2. The average molecular weight is 456 g/mol. The molecule has 0 heterocycles. The molecule has 0 saturated heterocycles. The van der Waals surface area contributed by atoms with Crippen LogP contribution in [0.4, 0.5) is 0 Å². The molecule has 0 aromatic heterocycles. The molecule has 0 bridgehead atoms. The summed E-state index contributed by atoms with van der Waals surface area (Å²) < 4.78 is 0. The number of rotatable bonds is 11. The number of hydrogen-bond acceptors (Lipinski definition) is 6. The van der Waals surface area contributed by atoms with E-state index in [4.69, 9.17) is 5.73 Å². The Morgan fingerprint density at radius 2 is 1.39 bits per heavy atom. The summed E-state index contributed by atoms with van der Waals surface area (Å²) in [6.07, 6.45) is 0.177. The fraction of sp³-hybridized carbons (Fsp3) is 0.304. The third-order valence-electron chi connectivity index (χ3n) is 4.86. The highest BCUT2D eigenvalue weighted by Gasteiger charge is 2.27. The van der Waals surface area contributed by atoms with Crippen LogP contribution in [0.5, 0.6) is 5.75 Å². The van der Waals surface area contributed by atoms with Gasteiger partial charge in [-0.3, -0.25) is 14.4 Å². The first-order valence-electron chi connectivity index (χ1n) is 10.3. The van der Waals surface area contributed by atoms with E-state index < -0.39 is 41.8 Å². The summed E-state index contributed by atoms with van der Waals surface area (Å²) in [5.41, 5.74) is 6.74. The zero-order valence-corrected chi connectivity index (χ0v) is 18.2. The number of amides is 3. The molecule has 0 aliphatic heterocycles. The van der Waals surface area contributed by atoms with E-state index in [9.17, 15) is 29.4 Å². The van der Waals surface area contributed by atoms with Gasteiger partial charge in [-0.15, -0.1) is 0 Å². The van der Waals surface area contributed by atoms with Crippen LogP contribution in [0, 0.1) is 0 Å². The number of carboxylic acids is 1. The van der Waals surface area contributed by atoms with E-state index in [-0.39, 0.29) is 25.1 Å². The molecule has 2 rings (SSSR count). The van der Waals surface area contributed by atoms with E-state index in [1.54, 1.807) is 36.4 Å². The number of aliphatic carboxylic acids is 1. The number of nitrogens with two attached hydrogens (primary N) is 1. The van der Waals surface area contributed by atoms with Gasteiger partial charge in [0.05, 0.1) is 6.54 Å². The summed E-state index contributed by atoms with van der Waals surface area (Å²) in [5, 5.41) is 26.3. The van der Waals surface area contributed by atoms with Crippen molar-refractivity contribution in [1.29, 1.82) is 0 Å². The lowest BCUT2D eigenvalue weighted by molar-refractivity contribution is -0.142. The highest BCUT2D eigenvalue weighted by Crippen LogP contribution is 2.11. The highest BCUT2D eigenvalue weighted by atomic mass is 16.4. The van der Waals surface area contributed by atoms with E-state index in [0.717, 1.165) is 5.56 Å². The molecule has 33 heavy (non-hydrogen) atoms. The zero-order chi connectivity index (χ0) is 24.4. The topological polar surface area (TPSA) is 171 Å². The van der Waals surface area contributed by atoms with Crippen molar-refractivity contribution in [2.75, 3.05) is 6.54 Å². The summed E-state index contributed by atoms with van der Waals surface area (Å²) in [6.45, 7) is 1.11. The number of carbonyl (C=O) groups excluding carboxylic acids is 3. The fourth-order valence-electron chi connectivity index (χ4n) is 3.06. The molecule has 10 nitrogen and oxygen atoms in total. The van der Waals surface area contributed by atoms with Gasteiger partial charge in [0.25, 0.3) is 0 Å². The lowest BCUT2D eigenvalue weighted by atomic mass is 10.0. The number of nitrogens with one attached hydrogen (secondary N) is 3. The van der Waals surface area contributed by atoms with Crippen LogP contribution in [0.25, 0.3) is 0 Å². The van der Waals surface area contributed by atoms with Crippen LogP contribution in [-0.2, 0) is 32.0 Å². The smallest absolute Gasteiger partial charge is 0.326 e. The monoisotopic (exact) mass is 456 g/mol. The summed E-state index contributed by atoms with van der Waals surface area (Å²) in [4.78, 5) is 48.7. The van der Waals surface area contributed by atoms with Gasteiger partial charge in [-0.2, -0.15) is 0 Å². The molecule has 3 amide bonds. The number of carboxylic acid groups (broad SMARTS) is 1. The van der Waals surface area contributed by atoms with Gasteiger partial charge < -0.3 is 31.9 Å². The number of phenols is 1. The third kappa shape index (κ3) is 8.26. The first-order chi connectivity index (χ1) is 15.7. The van der Waals surface area contributed by atoms with Gasteiger partial charge in [0, 0.05) is 12.8 Å².